The lowest BCUT2D eigenvalue weighted by Gasteiger charge is -2.42. The van der Waals surface area contributed by atoms with Gasteiger partial charge in [-0.05, 0) is 54.8 Å². The minimum absolute atomic E-state index is 0.117. The van der Waals surface area contributed by atoms with Crippen molar-refractivity contribution in [3.63, 3.8) is 0 Å². The molecular formula is C21H22Cl2N2O3. The lowest BCUT2D eigenvalue weighted by molar-refractivity contribution is 0.0591. The van der Waals surface area contributed by atoms with Crippen molar-refractivity contribution in [2.24, 2.45) is 0 Å². The van der Waals surface area contributed by atoms with E-state index in [0.717, 1.165) is 11.1 Å². The zero-order valence-corrected chi connectivity index (χ0v) is 17.2. The van der Waals surface area contributed by atoms with Crippen molar-refractivity contribution in [3.8, 4) is 0 Å². The van der Waals surface area contributed by atoms with Gasteiger partial charge in [-0.2, -0.15) is 0 Å². The molecule has 2 atom stereocenters. The van der Waals surface area contributed by atoms with Crippen molar-refractivity contribution in [2.75, 3.05) is 20.1 Å². The minimum atomic E-state index is -0.951. The maximum absolute atomic E-state index is 13.0. The van der Waals surface area contributed by atoms with Crippen molar-refractivity contribution < 1.29 is 14.7 Å². The summed E-state index contributed by atoms with van der Waals surface area (Å²) in [6.07, 6.45) is -0.397. The first-order chi connectivity index (χ1) is 13.3. The Balaban J connectivity index is 1.91. The van der Waals surface area contributed by atoms with Crippen LogP contribution in [-0.4, -0.2) is 53.1 Å². The van der Waals surface area contributed by atoms with Gasteiger partial charge in [-0.3, -0.25) is 4.79 Å². The third kappa shape index (κ3) is 4.26. The number of piperidine rings is 1. The number of carbonyl (C=O) groups is 2. The van der Waals surface area contributed by atoms with Gasteiger partial charge in [0.2, 0.25) is 0 Å². The normalized spacial score (nSPS) is 19.4. The van der Waals surface area contributed by atoms with E-state index in [9.17, 15) is 14.7 Å². The lowest BCUT2D eigenvalue weighted by atomic mass is 9.84. The van der Waals surface area contributed by atoms with E-state index < -0.39 is 6.09 Å². The molecule has 0 aromatic heterocycles. The van der Waals surface area contributed by atoms with Gasteiger partial charge in [-0.25, -0.2) is 4.79 Å². The number of aryl methyl sites for hydroxylation is 1. The van der Waals surface area contributed by atoms with E-state index in [0.29, 0.717) is 35.1 Å². The monoisotopic (exact) mass is 420 g/mol. The number of nitrogens with zero attached hydrogens (tertiary/aromatic N) is 2. The van der Waals surface area contributed by atoms with E-state index in [2.05, 4.69) is 0 Å². The Hall–Kier alpha value is -2.24. The van der Waals surface area contributed by atoms with E-state index in [1.807, 2.05) is 25.1 Å². The summed E-state index contributed by atoms with van der Waals surface area (Å²) >= 11 is 12.2. The molecule has 0 bridgehead atoms. The summed E-state index contributed by atoms with van der Waals surface area (Å²) in [5.74, 6) is -0.280. The lowest BCUT2D eigenvalue weighted by Crippen LogP contribution is -2.51. The zero-order chi connectivity index (χ0) is 20.4. The smallest absolute Gasteiger partial charge is 0.407 e. The molecular weight excluding hydrogens is 399 g/mol. The van der Waals surface area contributed by atoms with Crippen LogP contribution in [0.25, 0.3) is 0 Å². The molecule has 2 amide bonds. The van der Waals surface area contributed by atoms with Crippen LogP contribution in [-0.2, 0) is 0 Å². The maximum Gasteiger partial charge on any atom is 0.407 e. The van der Waals surface area contributed by atoms with Crippen molar-refractivity contribution in [1.82, 2.24) is 9.80 Å². The highest BCUT2D eigenvalue weighted by Crippen LogP contribution is 2.33. The summed E-state index contributed by atoms with van der Waals surface area (Å²) in [6, 6.07) is 12.4. The second-order valence-corrected chi connectivity index (χ2v) is 7.97. The van der Waals surface area contributed by atoms with Gasteiger partial charge in [0.05, 0.1) is 0 Å². The number of hydrogen-bond acceptors (Lipinski definition) is 2. The predicted molar refractivity (Wildman–Crippen MR) is 110 cm³/mol. The average molecular weight is 421 g/mol. The molecule has 148 valence electrons. The molecule has 28 heavy (non-hydrogen) atoms. The van der Waals surface area contributed by atoms with Gasteiger partial charge in [-0.15, -0.1) is 0 Å². The second-order valence-electron chi connectivity index (χ2n) is 7.12. The molecule has 0 unspecified atom stereocenters. The third-order valence-electron chi connectivity index (χ3n) is 5.38. The first-order valence-electron chi connectivity index (χ1n) is 9.04. The van der Waals surface area contributed by atoms with Gasteiger partial charge in [0.15, 0.2) is 0 Å². The van der Waals surface area contributed by atoms with Gasteiger partial charge in [0.1, 0.15) is 0 Å². The molecule has 2 aromatic rings. The summed E-state index contributed by atoms with van der Waals surface area (Å²) in [5, 5.41) is 10.7. The van der Waals surface area contributed by atoms with Crippen LogP contribution in [0.3, 0.4) is 0 Å². The molecule has 1 aliphatic rings. The van der Waals surface area contributed by atoms with Gasteiger partial charge in [0.25, 0.3) is 5.91 Å². The van der Waals surface area contributed by atoms with Crippen LogP contribution >= 0.6 is 23.2 Å². The first-order valence-corrected chi connectivity index (χ1v) is 9.80. The fourth-order valence-electron chi connectivity index (χ4n) is 3.69. The average Bonchev–Trinajstić information content (AvgIpc) is 2.69. The number of carboxylic acid groups (broad SMARTS) is 1. The summed E-state index contributed by atoms with van der Waals surface area (Å²) in [7, 11) is 1.76. The molecule has 5 nitrogen and oxygen atoms in total. The van der Waals surface area contributed by atoms with E-state index in [1.54, 1.807) is 36.2 Å². The van der Waals surface area contributed by atoms with Crippen molar-refractivity contribution in [1.29, 1.82) is 0 Å². The minimum Gasteiger partial charge on any atom is -0.465 e. The summed E-state index contributed by atoms with van der Waals surface area (Å²) in [5.41, 5.74) is 2.44. The summed E-state index contributed by atoms with van der Waals surface area (Å²) < 4.78 is 0. The number of rotatable bonds is 3. The van der Waals surface area contributed by atoms with Crippen LogP contribution in [0, 0.1) is 6.92 Å². The Labute approximate surface area is 174 Å². The molecule has 1 heterocycles. The molecule has 1 saturated heterocycles. The molecule has 7 heteroatoms. The molecule has 0 spiro atoms. The van der Waals surface area contributed by atoms with Crippen LogP contribution in [0.5, 0.6) is 0 Å². The highest BCUT2D eigenvalue weighted by Gasteiger charge is 2.36. The Kier molecular flexibility index (Phi) is 6.16. The number of likely N-dealkylation sites (N-methyl/N-ethyl adjacent to an activating group) is 1. The molecule has 0 aliphatic carbocycles. The molecule has 0 radical (unpaired) electrons. The first kappa shape index (κ1) is 20.5. The predicted octanol–water partition coefficient (Wildman–Crippen LogP) is 4.91. The second kappa shape index (κ2) is 8.41. The van der Waals surface area contributed by atoms with Crippen LogP contribution in [0.2, 0.25) is 10.0 Å². The highest BCUT2D eigenvalue weighted by atomic mass is 35.5. The summed E-state index contributed by atoms with van der Waals surface area (Å²) in [6.45, 7) is 2.62. The van der Waals surface area contributed by atoms with Crippen LogP contribution < -0.4 is 0 Å². The fraction of sp³-hybridized carbons (Fsp3) is 0.333. The molecule has 1 fully saturated rings. The Morgan fingerprint density at radius 1 is 1.14 bits per heavy atom. The summed E-state index contributed by atoms with van der Waals surface area (Å²) in [4.78, 5) is 27.6. The Morgan fingerprint density at radius 2 is 1.82 bits per heavy atom. The number of amides is 2. The third-order valence-corrected chi connectivity index (χ3v) is 6.04. The zero-order valence-electron chi connectivity index (χ0n) is 15.7. The standard InChI is InChI=1S/C21H22Cl2N2O3/c1-13-3-4-15(11-18(13)23)17-12-25(21(27)28)10-9-19(17)24(2)20(26)14-5-7-16(22)8-6-14/h3-8,11,17,19H,9-10,12H2,1-2H3,(H,27,28)/t17-,19+/m0/s1. The van der Waals surface area contributed by atoms with Crippen LogP contribution in [0.15, 0.2) is 42.5 Å². The SMILES string of the molecule is Cc1ccc([C@@H]2CN(C(=O)O)CC[C@H]2N(C)C(=O)c2ccc(Cl)cc2)cc1Cl. The largest absolute Gasteiger partial charge is 0.465 e. The van der Waals surface area contributed by atoms with Gasteiger partial charge >= 0.3 is 6.09 Å². The van der Waals surface area contributed by atoms with Crippen molar-refractivity contribution in [2.45, 2.75) is 25.3 Å². The van der Waals surface area contributed by atoms with Gasteiger partial charge in [-0.1, -0.05) is 35.3 Å². The van der Waals surface area contributed by atoms with Gasteiger partial charge in [0, 0.05) is 47.7 Å². The molecule has 2 aromatic carbocycles. The number of likely N-dealkylation sites (tertiary alicyclic amines) is 1. The number of carbonyl (C=O) groups excluding carboxylic acids is 1. The van der Waals surface area contributed by atoms with E-state index in [4.69, 9.17) is 23.2 Å². The fourth-order valence-corrected chi connectivity index (χ4v) is 4.01. The van der Waals surface area contributed by atoms with Crippen LogP contribution in [0.4, 0.5) is 4.79 Å². The van der Waals surface area contributed by atoms with E-state index >= 15 is 0 Å². The maximum atomic E-state index is 13.0. The molecule has 3 rings (SSSR count). The number of benzene rings is 2. The quantitative estimate of drug-likeness (QED) is 0.766. The highest BCUT2D eigenvalue weighted by molar-refractivity contribution is 6.31. The number of halogens is 2. The van der Waals surface area contributed by atoms with Crippen molar-refractivity contribution in [3.05, 3.63) is 69.2 Å². The Morgan fingerprint density at radius 3 is 2.43 bits per heavy atom. The topological polar surface area (TPSA) is 60.9 Å². The van der Waals surface area contributed by atoms with Crippen molar-refractivity contribution >= 4 is 35.2 Å². The molecule has 1 N–H and O–H groups in total. The van der Waals surface area contributed by atoms with Gasteiger partial charge < -0.3 is 14.9 Å². The molecule has 0 saturated carbocycles. The Bertz CT molecular complexity index is 886. The van der Waals surface area contributed by atoms with Crippen LogP contribution in [0.1, 0.15) is 33.8 Å². The number of hydrogen-bond donors (Lipinski definition) is 1. The molecule has 1 aliphatic heterocycles. The van der Waals surface area contributed by atoms with E-state index in [-0.39, 0.29) is 17.9 Å². The van der Waals surface area contributed by atoms with E-state index in [1.165, 1.54) is 4.90 Å².